The van der Waals surface area contributed by atoms with Crippen molar-refractivity contribution < 1.29 is 40.7 Å². The number of amides is 3. The summed E-state index contributed by atoms with van der Waals surface area (Å²) in [6.07, 6.45) is -7.55. The predicted molar refractivity (Wildman–Crippen MR) is 185 cm³/mol. The van der Waals surface area contributed by atoms with E-state index in [1.807, 2.05) is 0 Å². The lowest BCUT2D eigenvalue weighted by Crippen LogP contribution is -2.24. The molecular weight excluding hydrogens is 713 g/mol. The van der Waals surface area contributed by atoms with Crippen molar-refractivity contribution in [2.75, 3.05) is 47.1 Å². The number of carbonyl (C=O) groups is 3. The number of aliphatic imine (C=N–C) groups is 2. The average molecular weight is 750 g/mol. The molecule has 11 N–H and O–H groups in total. The van der Waals surface area contributed by atoms with Crippen molar-refractivity contribution in [2.45, 2.75) is 42.4 Å². The number of nitrogens with one attached hydrogen (secondary N) is 3. The number of nitrogens with zero attached hydrogens (tertiary/aromatic N) is 2. The number of benzene rings is 2. The molecule has 0 saturated heterocycles. The van der Waals surface area contributed by atoms with E-state index < -0.39 is 47.1 Å². The molecule has 0 aliphatic rings. The van der Waals surface area contributed by atoms with Gasteiger partial charge in [0.25, 0.3) is 5.91 Å². The Hall–Kier alpha value is -4.27. The second-order valence-electron chi connectivity index (χ2n) is 10.2. The van der Waals surface area contributed by atoms with Crippen LogP contribution in [0.15, 0.2) is 61.9 Å². The largest absolute Gasteiger partial charge is 0.416 e. The Labute approximate surface area is 292 Å². The van der Waals surface area contributed by atoms with Crippen molar-refractivity contribution in [3.05, 3.63) is 53.2 Å². The first-order valence-corrected chi connectivity index (χ1v) is 16.7. The van der Waals surface area contributed by atoms with Crippen LogP contribution in [0.4, 0.5) is 43.4 Å². The topological polar surface area (TPSA) is 216 Å². The van der Waals surface area contributed by atoms with Crippen LogP contribution in [-0.4, -0.2) is 61.0 Å². The maximum Gasteiger partial charge on any atom is 0.416 e. The van der Waals surface area contributed by atoms with Gasteiger partial charge in [0.1, 0.15) is 5.70 Å². The zero-order chi connectivity index (χ0) is 37.6. The molecule has 1 unspecified atom stereocenters. The van der Waals surface area contributed by atoms with Crippen LogP contribution in [0, 0.1) is 5.92 Å². The first kappa shape index (κ1) is 41.9. The minimum atomic E-state index is -4.88. The molecule has 2 aromatic rings. The Morgan fingerprint density at radius 3 is 2.00 bits per heavy atom. The van der Waals surface area contributed by atoms with Crippen molar-refractivity contribution in [1.29, 1.82) is 0 Å². The van der Waals surface area contributed by atoms with E-state index in [2.05, 4.69) is 25.9 Å². The Balaban J connectivity index is 2.48. The first-order chi connectivity index (χ1) is 23.4. The molecule has 0 aromatic heterocycles. The van der Waals surface area contributed by atoms with E-state index in [4.69, 9.17) is 22.9 Å². The average Bonchev–Trinajstić information content (AvgIpc) is 3.02. The lowest BCUT2D eigenvalue weighted by atomic mass is 10.1. The van der Waals surface area contributed by atoms with Crippen LogP contribution in [0.25, 0.3) is 0 Å². The third-order valence-corrected chi connectivity index (χ3v) is 8.47. The predicted octanol–water partition coefficient (Wildman–Crippen LogP) is 4.62. The summed E-state index contributed by atoms with van der Waals surface area (Å²) < 4.78 is 82.1. The molecular formula is C30H37F6N9O3S2. The van der Waals surface area contributed by atoms with E-state index in [1.165, 1.54) is 26.1 Å². The molecule has 0 heterocycles. The van der Waals surface area contributed by atoms with Gasteiger partial charge in [0.05, 0.1) is 45.5 Å². The van der Waals surface area contributed by atoms with Gasteiger partial charge in [-0.05, 0) is 50.3 Å². The Morgan fingerprint density at radius 1 is 0.860 bits per heavy atom. The highest BCUT2D eigenvalue weighted by Crippen LogP contribution is 2.41. The highest BCUT2D eigenvalue weighted by atomic mass is 32.2. The molecule has 274 valence electrons. The molecule has 50 heavy (non-hydrogen) atoms. The molecule has 2 rings (SSSR count). The number of carbonyl (C=O) groups excluding carboxylic acids is 3. The fourth-order valence-corrected chi connectivity index (χ4v) is 5.57. The van der Waals surface area contributed by atoms with Gasteiger partial charge in [-0.3, -0.25) is 24.4 Å². The van der Waals surface area contributed by atoms with Gasteiger partial charge in [-0.1, -0.05) is 0 Å². The lowest BCUT2D eigenvalue weighted by molar-refractivity contribution is -0.138. The van der Waals surface area contributed by atoms with Crippen LogP contribution < -0.4 is 38.9 Å². The number of hydrogen-bond donors (Lipinski definition) is 7. The number of halogens is 6. The summed E-state index contributed by atoms with van der Waals surface area (Å²) in [7, 11) is 0. The molecule has 3 amide bonds. The highest BCUT2D eigenvalue weighted by Gasteiger charge is 2.34. The van der Waals surface area contributed by atoms with Gasteiger partial charge in [0.2, 0.25) is 11.8 Å². The molecule has 0 fully saturated rings. The van der Waals surface area contributed by atoms with Gasteiger partial charge in [0, 0.05) is 42.1 Å². The Bertz CT molecular complexity index is 1610. The Kier molecular flexibility index (Phi) is 16.1. The summed E-state index contributed by atoms with van der Waals surface area (Å²) in [5.74, 6) is -3.51. The summed E-state index contributed by atoms with van der Waals surface area (Å²) in [6.45, 7) is 2.96. The van der Waals surface area contributed by atoms with Crippen LogP contribution in [0.5, 0.6) is 0 Å². The Morgan fingerprint density at radius 2 is 1.44 bits per heavy atom. The van der Waals surface area contributed by atoms with Gasteiger partial charge >= 0.3 is 12.4 Å². The smallest absolute Gasteiger partial charge is 0.370 e. The van der Waals surface area contributed by atoms with Crippen molar-refractivity contribution in [2.24, 2.45) is 38.8 Å². The summed E-state index contributed by atoms with van der Waals surface area (Å²) in [4.78, 5) is 47.2. The van der Waals surface area contributed by atoms with Crippen molar-refractivity contribution in [3.63, 3.8) is 0 Å². The maximum atomic E-state index is 13.9. The second-order valence-corrected chi connectivity index (χ2v) is 12.4. The molecule has 0 radical (unpaired) electrons. The van der Waals surface area contributed by atoms with E-state index >= 15 is 0 Å². The molecule has 2 aromatic carbocycles. The number of anilines is 3. The third-order valence-electron chi connectivity index (χ3n) is 6.20. The quantitative estimate of drug-likeness (QED) is 0.0419. The monoisotopic (exact) mass is 749 g/mol. The second kappa shape index (κ2) is 19.2. The number of rotatable bonds is 16. The molecule has 0 bridgehead atoms. The third kappa shape index (κ3) is 13.2. The van der Waals surface area contributed by atoms with Crippen molar-refractivity contribution >= 4 is 70.5 Å². The highest BCUT2D eigenvalue weighted by molar-refractivity contribution is 7.99. The molecule has 0 saturated carbocycles. The van der Waals surface area contributed by atoms with Crippen LogP contribution in [0.3, 0.4) is 0 Å². The molecule has 0 spiro atoms. The fourth-order valence-electron chi connectivity index (χ4n) is 3.95. The van der Waals surface area contributed by atoms with E-state index in [0.717, 1.165) is 41.7 Å². The van der Waals surface area contributed by atoms with Crippen LogP contribution in [-0.2, 0) is 26.7 Å². The lowest BCUT2D eigenvalue weighted by Gasteiger charge is -2.20. The number of thioether (sulfide) groups is 2. The minimum absolute atomic E-state index is 0.0692. The summed E-state index contributed by atoms with van der Waals surface area (Å²) in [6, 6.07) is 4.21. The van der Waals surface area contributed by atoms with Crippen LogP contribution in [0.2, 0.25) is 0 Å². The minimum Gasteiger partial charge on any atom is -0.370 e. The van der Waals surface area contributed by atoms with Gasteiger partial charge in [0.15, 0.2) is 5.96 Å². The molecule has 1 atom stereocenters. The van der Waals surface area contributed by atoms with Gasteiger partial charge in [-0.25, -0.2) is 0 Å². The standard InChI is InChI=1S/C30H37F6N9O3S2/c1-3-41-22(27(48)44-19-13-17(29(31,32)33)4-5-23(19)49-10-7-37)12-16(2)26(47)45-21-15-18(30(34,35)36)14-20(25(21)50-11-8-38)43-24(46)6-9-42-28(39)40/h3-5,12-16H,6-11,37-38H2,1-2H3,(H,43,46)(H,44,48)(H,45,47)(H4,39,40,42)/b22-12-,41-3?. The molecule has 0 aliphatic heterocycles. The fraction of sp³-hybridized carbons (Fsp3) is 0.367. The SMILES string of the molecule is CC=N/C(=C\C(C)C(=O)Nc1cc(C(F)(F)F)cc(NC(=O)CCN=C(N)N)c1SCCN)C(=O)Nc1cc(C(F)(F)F)ccc1SCCN. The number of nitrogens with two attached hydrogens (primary N) is 4. The summed E-state index contributed by atoms with van der Waals surface area (Å²) in [5, 5.41) is 7.22. The van der Waals surface area contributed by atoms with Crippen molar-refractivity contribution in [3.8, 4) is 0 Å². The number of guanidine groups is 1. The zero-order valence-corrected chi connectivity index (χ0v) is 28.5. The summed E-state index contributed by atoms with van der Waals surface area (Å²) >= 11 is 2.08. The normalized spacial score (nSPS) is 12.8. The molecule has 0 aliphatic carbocycles. The molecule has 20 heteroatoms. The van der Waals surface area contributed by atoms with Crippen molar-refractivity contribution in [1.82, 2.24) is 0 Å². The van der Waals surface area contributed by atoms with E-state index in [-0.39, 0.29) is 65.4 Å². The first-order valence-electron chi connectivity index (χ1n) is 14.7. The summed E-state index contributed by atoms with van der Waals surface area (Å²) in [5.41, 5.74) is 18.3. The van der Waals surface area contributed by atoms with E-state index in [0.29, 0.717) is 22.8 Å². The zero-order valence-electron chi connectivity index (χ0n) is 26.9. The van der Waals surface area contributed by atoms with E-state index in [1.54, 1.807) is 0 Å². The van der Waals surface area contributed by atoms with Gasteiger partial charge < -0.3 is 38.9 Å². The number of alkyl halides is 6. The molecule has 12 nitrogen and oxygen atoms in total. The van der Waals surface area contributed by atoms with Crippen LogP contribution in [0.1, 0.15) is 31.4 Å². The van der Waals surface area contributed by atoms with Crippen LogP contribution >= 0.6 is 23.5 Å². The maximum absolute atomic E-state index is 13.9. The van der Waals surface area contributed by atoms with Gasteiger partial charge in [-0.2, -0.15) is 26.3 Å². The van der Waals surface area contributed by atoms with E-state index in [9.17, 15) is 40.7 Å². The number of hydrogen-bond acceptors (Lipinski definition) is 9. The van der Waals surface area contributed by atoms with Gasteiger partial charge in [-0.15, -0.1) is 23.5 Å².